The van der Waals surface area contributed by atoms with Gasteiger partial charge in [-0.05, 0) is 59.3 Å². The first-order chi connectivity index (χ1) is 16.3. The normalized spacial score (nSPS) is 12.4. The maximum Gasteiger partial charge on any atom is 0.243 e. The van der Waals surface area contributed by atoms with Crippen LogP contribution < -0.4 is 14.2 Å². The summed E-state index contributed by atoms with van der Waals surface area (Å²) in [7, 11) is -0.872. The summed E-state index contributed by atoms with van der Waals surface area (Å²) < 4.78 is 47.9. The average molecular weight is 548 g/mol. The maximum atomic E-state index is 13.2. The highest BCUT2D eigenvalue weighted by Gasteiger charge is 2.28. The zero-order chi connectivity index (χ0) is 24.3. The number of aromatic nitrogens is 4. The summed E-state index contributed by atoms with van der Waals surface area (Å²) in [6, 6.07) is 12.2. The molecule has 0 radical (unpaired) electrons. The molecule has 0 unspecified atom stereocenters. The number of hydrogen-bond donors (Lipinski definition) is 1. The monoisotopic (exact) mass is 547 g/mol. The number of nitrogens with one attached hydrogen (secondary N) is 1. The zero-order valence-corrected chi connectivity index (χ0v) is 21.0. The molecular formula is C22H22BrN5O5S. The number of ether oxygens (including phenoxy) is 2. The van der Waals surface area contributed by atoms with E-state index in [1.165, 1.54) is 25.0 Å². The molecule has 10 nitrogen and oxygen atoms in total. The van der Waals surface area contributed by atoms with Crippen LogP contribution in [0.3, 0.4) is 0 Å². The van der Waals surface area contributed by atoms with E-state index in [9.17, 15) is 8.42 Å². The van der Waals surface area contributed by atoms with Crippen molar-refractivity contribution in [1.82, 2.24) is 19.7 Å². The Balaban J connectivity index is 1.77. The Labute approximate surface area is 205 Å². The summed E-state index contributed by atoms with van der Waals surface area (Å²) in [6.07, 6.45) is 3.33. The summed E-state index contributed by atoms with van der Waals surface area (Å²) in [5.41, 5.74) is 1.06. The van der Waals surface area contributed by atoms with Gasteiger partial charge < -0.3 is 13.9 Å². The number of methoxy groups -OCH3 is 2. The lowest BCUT2D eigenvalue weighted by Gasteiger charge is -2.18. The van der Waals surface area contributed by atoms with E-state index >= 15 is 0 Å². The van der Waals surface area contributed by atoms with Crippen LogP contribution in [0.25, 0.3) is 17.3 Å². The molecule has 3 heterocycles. The van der Waals surface area contributed by atoms with Gasteiger partial charge in [-0.25, -0.2) is 8.42 Å². The number of halogens is 1. The van der Waals surface area contributed by atoms with Crippen LogP contribution in [0.15, 0.2) is 63.8 Å². The van der Waals surface area contributed by atoms with E-state index in [1.54, 1.807) is 49.5 Å². The highest BCUT2D eigenvalue weighted by molar-refractivity contribution is 9.10. The summed E-state index contributed by atoms with van der Waals surface area (Å²) in [6.45, 7) is 1.60. The average Bonchev–Trinajstić information content (AvgIpc) is 3.49. The molecule has 178 valence electrons. The second-order valence-corrected chi connectivity index (χ2v) is 10.3. The number of furan rings is 1. The predicted molar refractivity (Wildman–Crippen MR) is 130 cm³/mol. The van der Waals surface area contributed by atoms with Gasteiger partial charge in [0.15, 0.2) is 5.76 Å². The van der Waals surface area contributed by atoms with Crippen molar-refractivity contribution in [2.75, 3.05) is 18.9 Å². The van der Waals surface area contributed by atoms with E-state index in [0.29, 0.717) is 28.6 Å². The van der Waals surface area contributed by atoms with Crippen LogP contribution in [0, 0.1) is 0 Å². The molecule has 0 aliphatic heterocycles. The SMILES string of the molecule is COc1cccc(OC)c1-n1c(NS(=O)(=O)[C@H](C)Cc2ccc(Br)cn2)nnc1-c1ccco1. The molecule has 1 N–H and O–H groups in total. The van der Waals surface area contributed by atoms with Gasteiger partial charge in [-0.2, -0.15) is 0 Å². The number of sulfonamides is 1. The van der Waals surface area contributed by atoms with Crippen molar-refractivity contribution in [3.63, 3.8) is 0 Å². The minimum Gasteiger partial charge on any atom is -0.494 e. The third-order valence-corrected chi connectivity index (χ3v) is 7.24. The molecule has 3 aromatic heterocycles. The van der Waals surface area contributed by atoms with Gasteiger partial charge in [0.05, 0.1) is 25.7 Å². The summed E-state index contributed by atoms with van der Waals surface area (Å²) >= 11 is 3.33. The van der Waals surface area contributed by atoms with E-state index in [0.717, 1.165) is 4.47 Å². The molecule has 0 aliphatic carbocycles. The van der Waals surface area contributed by atoms with E-state index < -0.39 is 15.3 Å². The molecule has 0 fully saturated rings. The Bertz CT molecular complexity index is 1350. The van der Waals surface area contributed by atoms with Gasteiger partial charge in [-0.1, -0.05) is 6.07 Å². The molecule has 0 saturated carbocycles. The molecule has 0 spiro atoms. The molecule has 0 aliphatic rings. The Morgan fingerprint density at radius 3 is 2.41 bits per heavy atom. The molecule has 0 amide bonds. The number of anilines is 1. The van der Waals surface area contributed by atoms with E-state index in [1.807, 2.05) is 6.07 Å². The Hall–Kier alpha value is -3.38. The van der Waals surface area contributed by atoms with E-state index in [-0.39, 0.29) is 18.2 Å². The van der Waals surface area contributed by atoms with Crippen LogP contribution in [0.2, 0.25) is 0 Å². The van der Waals surface area contributed by atoms with Crippen molar-refractivity contribution < 1.29 is 22.3 Å². The van der Waals surface area contributed by atoms with Crippen LogP contribution in [-0.4, -0.2) is 47.6 Å². The molecular weight excluding hydrogens is 526 g/mol. The van der Waals surface area contributed by atoms with Crippen molar-refractivity contribution in [3.8, 4) is 28.8 Å². The first-order valence-corrected chi connectivity index (χ1v) is 12.5. The number of nitrogens with zero attached hydrogens (tertiary/aromatic N) is 4. The van der Waals surface area contributed by atoms with Crippen LogP contribution in [0.4, 0.5) is 5.95 Å². The first-order valence-electron chi connectivity index (χ1n) is 10.2. The van der Waals surface area contributed by atoms with Crippen LogP contribution in [-0.2, 0) is 16.4 Å². The molecule has 12 heteroatoms. The fourth-order valence-electron chi connectivity index (χ4n) is 3.34. The van der Waals surface area contributed by atoms with Gasteiger partial charge in [0.1, 0.15) is 17.2 Å². The highest BCUT2D eigenvalue weighted by atomic mass is 79.9. The van der Waals surface area contributed by atoms with Gasteiger partial charge in [-0.15, -0.1) is 10.2 Å². The smallest absolute Gasteiger partial charge is 0.243 e. The second-order valence-electron chi connectivity index (χ2n) is 7.30. The van der Waals surface area contributed by atoms with E-state index in [4.69, 9.17) is 13.9 Å². The van der Waals surface area contributed by atoms with Gasteiger partial charge in [0, 0.05) is 22.8 Å². The van der Waals surface area contributed by atoms with Crippen molar-refractivity contribution >= 4 is 31.9 Å². The quantitative estimate of drug-likeness (QED) is 0.332. The van der Waals surface area contributed by atoms with Gasteiger partial charge >= 0.3 is 0 Å². The van der Waals surface area contributed by atoms with Crippen molar-refractivity contribution in [2.45, 2.75) is 18.6 Å². The summed E-state index contributed by atoms with van der Waals surface area (Å²) in [4.78, 5) is 4.27. The number of pyridine rings is 1. The third-order valence-electron chi connectivity index (χ3n) is 5.08. The first kappa shape index (κ1) is 23.8. The predicted octanol–water partition coefficient (Wildman–Crippen LogP) is 4.07. The minimum atomic E-state index is -3.88. The molecule has 0 saturated heterocycles. The van der Waals surface area contributed by atoms with Gasteiger partial charge in [0.25, 0.3) is 0 Å². The molecule has 0 bridgehead atoms. The second kappa shape index (κ2) is 9.85. The van der Waals surface area contributed by atoms with Crippen molar-refractivity contribution in [1.29, 1.82) is 0 Å². The largest absolute Gasteiger partial charge is 0.494 e. The summed E-state index contributed by atoms with van der Waals surface area (Å²) in [5.74, 6) is 1.48. The Kier molecular flexibility index (Phi) is 6.89. The fraction of sp³-hybridized carbons (Fsp3) is 0.227. The van der Waals surface area contributed by atoms with Crippen LogP contribution in [0.5, 0.6) is 11.5 Å². The lowest BCUT2D eigenvalue weighted by molar-refractivity contribution is 0.391. The zero-order valence-electron chi connectivity index (χ0n) is 18.6. The van der Waals surface area contributed by atoms with E-state index in [2.05, 4.69) is 35.8 Å². The molecule has 1 aromatic carbocycles. The minimum absolute atomic E-state index is 0.0372. The number of benzene rings is 1. The number of rotatable bonds is 9. The lowest BCUT2D eigenvalue weighted by Crippen LogP contribution is -2.28. The van der Waals surface area contributed by atoms with Crippen molar-refractivity contribution in [2.24, 2.45) is 0 Å². The molecule has 4 rings (SSSR count). The van der Waals surface area contributed by atoms with Crippen LogP contribution in [0.1, 0.15) is 12.6 Å². The Morgan fingerprint density at radius 2 is 1.82 bits per heavy atom. The molecule has 1 atom stereocenters. The standard InChI is InChI=1S/C22H22BrN5O5S/c1-14(12-16-10-9-15(23)13-24-16)34(29,30)27-22-26-25-21(19-8-5-11-33-19)28(22)20-17(31-2)6-4-7-18(20)32-3/h4-11,13-14H,12H2,1-3H3,(H,26,27)/t14-/m1/s1. The third kappa shape index (κ3) is 4.77. The molecule has 4 aromatic rings. The molecule has 34 heavy (non-hydrogen) atoms. The number of hydrogen-bond acceptors (Lipinski definition) is 8. The topological polar surface area (TPSA) is 121 Å². The maximum absolute atomic E-state index is 13.2. The lowest BCUT2D eigenvalue weighted by atomic mass is 10.2. The van der Waals surface area contributed by atoms with Gasteiger partial charge in [-0.3, -0.25) is 14.3 Å². The highest BCUT2D eigenvalue weighted by Crippen LogP contribution is 2.37. The Morgan fingerprint density at radius 1 is 1.09 bits per heavy atom. The van der Waals surface area contributed by atoms with Crippen LogP contribution >= 0.6 is 15.9 Å². The van der Waals surface area contributed by atoms with Gasteiger partial charge in [0.2, 0.25) is 21.8 Å². The number of para-hydroxylation sites is 1. The fourth-order valence-corrected chi connectivity index (χ4v) is 4.55. The summed E-state index contributed by atoms with van der Waals surface area (Å²) in [5, 5.41) is 7.49. The van der Waals surface area contributed by atoms with Crippen molar-refractivity contribution in [3.05, 3.63) is 65.1 Å².